The number of aromatic nitrogens is 2. The van der Waals surface area contributed by atoms with Crippen molar-refractivity contribution in [2.75, 3.05) is 26.8 Å². The predicted molar refractivity (Wildman–Crippen MR) is 101 cm³/mol. The molecule has 148 valence electrons. The van der Waals surface area contributed by atoms with Gasteiger partial charge in [0.1, 0.15) is 0 Å². The van der Waals surface area contributed by atoms with Gasteiger partial charge in [0.2, 0.25) is 11.8 Å². The Kier molecular flexibility index (Phi) is 7.45. The SMILES string of the molecule is COCCN(CC(=O)NC(=O)NC(C)(C)C)Cc1nnc(-c2cccs2)o1. The number of rotatable bonds is 8. The monoisotopic (exact) mass is 395 g/mol. The summed E-state index contributed by atoms with van der Waals surface area (Å²) in [7, 11) is 1.58. The zero-order valence-corrected chi connectivity index (χ0v) is 16.8. The summed E-state index contributed by atoms with van der Waals surface area (Å²) < 4.78 is 10.7. The Morgan fingerprint density at radius 1 is 1.33 bits per heavy atom. The Bertz CT molecular complexity index is 739. The van der Waals surface area contributed by atoms with E-state index in [2.05, 4.69) is 20.8 Å². The third-order valence-electron chi connectivity index (χ3n) is 3.28. The fraction of sp³-hybridized carbons (Fsp3) is 0.529. The Balaban J connectivity index is 1.94. The van der Waals surface area contributed by atoms with Crippen LogP contribution in [0.3, 0.4) is 0 Å². The number of ether oxygens (including phenoxy) is 1. The smallest absolute Gasteiger partial charge is 0.321 e. The summed E-state index contributed by atoms with van der Waals surface area (Å²) in [5, 5.41) is 15.0. The molecule has 2 heterocycles. The summed E-state index contributed by atoms with van der Waals surface area (Å²) in [5.41, 5.74) is -0.429. The molecule has 0 atom stereocenters. The number of amides is 3. The fourth-order valence-corrected chi connectivity index (χ4v) is 2.83. The van der Waals surface area contributed by atoms with E-state index in [1.54, 1.807) is 12.0 Å². The Morgan fingerprint density at radius 3 is 2.74 bits per heavy atom. The number of methoxy groups -OCH3 is 1. The maximum absolute atomic E-state index is 12.2. The molecule has 10 heteroatoms. The van der Waals surface area contributed by atoms with Crippen LogP contribution < -0.4 is 10.6 Å². The summed E-state index contributed by atoms with van der Waals surface area (Å²) in [6, 6.07) is 3.27. The first kappa shape index (κ1) is 21.0. The van der Waals surface area contributed by atoms with Crippen LogP contribution in [0.1, 0.15) is 26.7 Å². The molecular weight excluding hydrogens is 370 g/mol. The van der Waals surface area contributed by atoms with E-state index in [4.69, 9.17) is 9.15 Å². The van der Waals surface area contributed by atoms with E-state index in [1.807, 2.05) is 38.3 Å². The largest absolute Gasteiger partial charge is 0.419 e. The molecule has 0 saturated carbocycles. The molecule has 3 amide bonds. The predicted octanol–water partition coefficient (Wildman–Crippen LogP) is 1.87. The van der Waals surface area contributed by atoms with Crippen molar-refractivity contribution < 1.29 is 18.7 Å². The van der Waals surface area contributed by atoms with Crippen molar-refractivity contribution in [3.8, 4) is 10.8 Å². The average molecular weight is 395 g/mol. The minimum atomic E-state index is -0.531. The van der Waals surface area contributed by atoms with Crippen LogP contribution in [0.5, 0.6) is 0 Å². The molecule has 0 saturated heterocycles. The molecule has 0 fully saturated rings. The molecule has 0 aliphatic carbocycles. The Morgan fingerprint density at radius 2 is 2.11 bits per heavy atom. The molecule has 0 aromatic carbocycles. The summed E-state index contributed by atoms with van der Waals surface area (Å²) >= 11 is 1.51. The van der Waals surface area contributed by atoms with Gasteiger partial charge in [0.25, 0.3) is 5.89 Å². The van der Waals surface area contributed by atoms with Crippen molar-refractivity contribution in [2.45, 2.75) is 32.9 Å². The second-order valence-corrected chi connectivity index (χ2v) is 7.88. The molecule has 27 heavy (non-hydrogen) atoms. The molecule has 0 aliphatic rings. The lowest BCUT2D eigenvalue weighted by molar-refractivity contribution is -0.121. The van der Waals surface area contributed by atoms with Crippen molar-refractivity contribution in [2.24, 2.45) is 0 Å². The third-order valence-corrected chi connectivity index (χ3v) is 4.14. The van der Waals surface area contributed by atoms with E-state index in [1.165, 1.54) is 11.3 Å². The van der Waals surface area contributed by atoms with Gasteiger partial charge in [-0.1, -0.05) is 6.07 Å². The van der Waals surface area contributed by atoms with E-state index >= 15 is 0 Å². The van der Waals surface area contributed by atoms with Crippen LogP contribution in [0.4, 0.5) is 4.79 Å². The summed E-state index contributed by atoms with van der Waals surface area (Å²) in [6.45, 7) is 6.68. The topological polar surface area (TPSA) is 110 Å². The molecular formula is C17H25N5O4S. The second kappa shape index (κ2) is 9.58. The van der Waals surface area contributed by atoms with Crippen LogP contribution in [0.25, 0.3) is 10.8 Å². The maximum Gasteiger partial charge on any atom is 0.321 e. The van der Waals surface area contributed by atoms with Gasteiger partial charge in [0.15, 0.2) is 0 Å². The molecule has 0 radical (unpaired) electrons. The van der Waals surface area contributed by atoms with E-state index in [0.29, 0.717) is 24.9 Å². The highest BCUT2D eigenvalue weighted by atomic mass is 32.1. The van der Waals surface area contributed by atoms with Crippen LogP contribution in [-0.4, -0.2) is 59.4 Å². The minimum absolute atomic E-state index is 0.00234. The number of hydrogen-bond donors (Lipinski definition) is 2. The molecule has 0 aliphatic heterocycles. The maximum atomic E-state index is 12.2. The Hall–Kier alpha value is -2.30. The van der Waals surface area contributed by atoms with Crippen LogP contribution in [0.15, 0.2) is 21.9 Å². The molecule has 2 N–H and O–H groups in total. The van der Waals surface area contributed by atoms with Crippen LogP contribution in [0.2, 0.25) is 0 Å². The lowest BCUT2D eigenvalue weighted by Crippen LogP contribution is -2.50. The van der Waals surface area contributed by atoms with Gasteiger partial charge < -0.3 is 14.5 Å². The molecule has 0 spiro atoms. The third kappa shape index (κ3) is 7.45. The molecule has 9 nitrogen and oxygen atoms in total. The van der Waals surface area contributed by atoms with Crippen molar-refractivity contribution in [3.63, 3.8) is 0 Å². The number of carbonyl (C=O) groups is 2. The van der Waals surface area contributed by atoms with Crippen LogP contribution in [0, 0.1) is 0 Å². The van der Waals surface area contributed by atoms with Crippen molar-refractivity contribution >= 4 is 23.3 Å². The van der Waals surface area contributed by atoms with Crippen LogP contribution in [-0.2, 0) is 16.1 Å². The molecule has 0 unspecified atom stereocenters. The van der Waals surface area contributed by atoms with Crippen molar-refractivity contribution in [3.05, 3.63) is 23.4 Å². The summed E-state index contributed by atoms with van der Waals surface area (Å²) in [4.78, 5) is 26.7. The van der Waals surface area contributed by atoms with E-state index in [9.17, 15) is 9.59 Å². The van der Waals surface area contributed by atoms with Gasteiger partial charge in [-0.2, -0.15) is 0 Å². The van der Waals surface area contributed by atoms with Crippen molar-refractivity contribution in [1.29, 1.82) is 0 Å². The van der Waals surface area contributed by atoms with E-state index < -0.39 is 17.5 Å². The van der Waals surface area contributed by atoms with Gasteiger partial charge in [0, 0.05) is 19.2 Å². The first-order chi connectivity index (χ1) is 12.8. The molecule has 2 aromatic heterocycles. The summed E-state index contributed by atoms with van der Waals surface area (Å²) in [5.74, 6) is 0.410. The van der Waals surface area contributed by atoms with Gasteiger partial charge >= 0.3 is 6.03 Å². The number of nitrogens with one attached hydrogen (secondary N) is 2. The van der Waals surface area contributed by atoms with E-state index in [-0.39, 0.29) is 13.1 Å². The normalized spacial score (nSPS) is 11.6. The highest BCUT2D eigenvalue weighted by molar-refractivity contribution is 7.13. The minimum Gasteiger partial charge on any atom is -0.419 e. The number of carbonyl (C=O) groups excluding carboxylic acids is 2. The average Bonchev–Trinajstić information content (AvgIpc) is 3.21. The lowest BCUT2D eigenvalue weighted by Gasteiger charge is -2.22. The van der Waals surface area contributed by atoms with Gasteiger partial charge in [0.05, 0.1) is 24.6 Å². The van der Waals surface area contributed by atoms with Gasteiger partial charge in [-0.25, -0.2) is 4.79 Å². The number of urea groups is 1. The number of hydrogen-bond acceptors (Lipinski definition) is 8. The number of nitrogens with zero attached hydrogens (tertiary/aromatic N) is 3. The molecule has 2 aromatic rings. The highest BCUT2D eigenvalue weighted by Crippen LogP contribution is 2.23. The molecule has 0 bridgehead atoms. The van der Waals surface area contributed by atoms with Gasteiger partial charge in [-0.3, -0.25) is 15.0 Å². The standard InChI is InChI=1S/C17H25N5O4S/c1-17(2,3)19-16(24)18-13(23)10-22(7-8-25-4)11-14-20-21-15(26-14)12-6-5-9-27-12/h5-6,9H,7-8,10-11H2,1-4H3,(H2,18,19,23,24). The number of imide groups is 1. The fourth-order valence-electron chi connectivity index (χ4n) is 2.18. The van der Waals surface area contributed by atoms with Crippen molar-refractivity contribution in [1.82, 2.24) is 25.7 Å². The van der Waals surface area contributed by atoms with Gasteiger partial charge in [-0.05, 0) is 32.2 Å². The second-order valence-electron chi connectivity index (χ2n) is 6.93. The Labute approximate surface area is 162 Å². The first-order valence-corrected chi connectivity index (χ1v) is 9.34. The van der Waals surface area contributed by atoms with E-state index in [0.717, 1.165) is 4.88 Å². The summed E-state index contributed by atoms with van der Waals surface area (Å²) in [6.07, 6.45) is 0. The first-order valence-electron chi connectivity index (χ1n) is 8.46. The quantitative estimate of drug-likeness (QED) is 0.702. The highest BCUT2D eigenvalue weighted by Gasteiger charge is 2.19. The van der Waals surface area contributed by atoms with Crippen LogP contribution >= 0.6 is 11.3 Å². The van der Waals surface area contributed by atoms with Gasteiger partial charge in [-0.15, -0.1) is 21.5 Å². The zero-order valence-electron chi connectivity index (χ0n) is 15.9. The number of thiophene rings is 1. The lowest BCUT2D eigenvalue weighted by atomic mass is 10.1. The molecule has 2 rings (SSSR count). The zero-order chi connectivity index (χ0) is 19.9.